The summed E-state index contributed by atoms with van der Waals surface area (Å²) in [5, 5.41) is 3.25. The van der Waals surface area contributed by atoms with Crippen LogP contribution >= 0.6 is 15.9 Å². The van der Waals surface area contributed by atoms with Crippen molar-refractivity contribution in [1.29, 1.82) is 0 Å². The minimum Gasteiger partial charge on any atom is -0.309 e. The lowest BCUT2D eigenvalue weighted by atomic mass is 10.1. The molecule has 1 N–H and O–H groups in total. The highest BCUT2D eigenvalue weighted by atomic mass is 79.9. The lowest BCUT2D eigenvalue weighted by Gasteiger charge is -2.15. The van der Waals surface area contributed by atoms with Crippen molar-refractivity contribution in [2.24, 2.45) is 0 Å². The Morgan fingerprint density at radius 1 is 1.56 bits per heavy atom. The minimum absolute atomic E-state index is 0.110. The molecule has 1 rings (SSSR count). The van der Waals surface area contributed by atoms with Crippen LogP contribution in [0.3, 0.4) is 0 Å². The quantitative estimate of drug-likeness (QED) is 0.906. The van der Waals surface area contributed by atoms with E-state index in [4.69, 9.17) is 0 Å². The van der Waals surface area contributed by atoms with E-state index in [9.17, 15) is 8.60 Å². The van der Waals surface area contributed by atoms with Crippen LogP contribution in [0.2, 0.25) is 0 Å². The zero-order chi connectivity index (χ0) is 12.1. The standard InChI is InChI=1S/C11H15BrFNOS/c1-8(14-5-6-16(2)15)10-4-3-9(13)7-11(10)12/h3-4,7-8,14H,5-6H2,1-2H3. The first-order valence-corrected chi connectivity index (χ1v) is 7.51. The third-order valence-corrected chi connectivity index (χ3v) is 3.73. The lowest BCUT2D eigenvalue weighted by molar-refractivity contribution is 0.588. The molecule has 5 heteroatoms. The summed E-state index contributed by atoms with van der Waals surface area (Å²) in [6.45, 7) is 2.69. The first-order chi connectivity index (χ1) is 7.50. The molecule has 90 valence electrons. The fourth-order valence-corrected chi connectivity index (χ4v) is 2.48. The Morgan fingerprint density at radius 3 is 2.81 bits per heavy atom. The maximum absolute atomic E-state index is 12.9. The summed E-state index contributed by atoms with van der Waals surface area (Å²) in [6.07, 6.45) is 1.68. The van der Waals surface area contributed by atoms with Gasteiger partial charge in [-0.2, -0.15) is 0 Å². The van der Waals surface area contributed by atoms with Gasteiger partial charge in [-0.15, -0.1) is 0 Å². The van der Waals surface area contributed by atoms with Crippen molar-refractivity contribution in [2.75, 3.05) is 18.6 Å². The second-order valence-corrected chi connectivity index (χ2v) is 6.03. The molecule has 0 aliphatic rings. The number of halogens is 2. The minimum atomic E-state index is -0.782. The van der Waals surface area contributed by atoms with Gasteiger partial charge >= 0.3 is 0 Å². The summed E-state index contributed by atoms with van der Waals surface area (Å²) >= 11 is 3.33. The molecule has 16 heavy (non-hydrogen) atoms. The van der Waals surface area contributed by atoms with Crippen LogP contribution in [0, 0.1) is 5.82 Å². The molecule has 0 aromatic heterocycles. The van der Waals surface area contributed by atoms with Gasteiger partial charge in [-0.25, -0.2) is 4.39 Å². The summed E-state index contributed by atoms with van der Waals surface area (Å²) in [6, 6.07) is 4.75. The van der Waals surface area contributed by atoms with E-state index in [2.05, 4.69) is 21.2 Å². The third-order valence-electron chi connectivity index (χ3n) is 2.27. The first-order valence-electron chi connectivity index (χ1n) is 4.99. The van der Waals surface area contributed by atoms with Crippen molar-refractivity contribution < 1.29 is 8.60 Å². The van der Waals surface area contributed by atoms with Crippen molar-refractivity contribution in [3.05, 3.63) is 34.1 Å². The molecule has 1 aromatic rings. The van der Waals surface area contributed by atoms with E-state index in [0.29, 0.717) is 12.3 Å². The zero-order valence-corrected chi connectivity index (χ0v) is 11.7. The topological polar surface area (TPSA) is 29.1 Å². The van der Waals surface area contributed by atoms with Gasteiger partial charge in [-0.3, -0.25) is 4.21 Å². The Bertz CT molecular complexity index is 386. The molecule has 0 amide bonds. The zero-order valence-electron chi connectivity index (χ0n) is 9.30. The van der Waals surface area contributed by atoms with Gasteiger partial charge in [0.05, 0.1) is 0 Å². The van der Waals surface area contributed by atoms with Crippen LogP contribution in [0.5, 0.6) is 0 Å². The molecule has 0 fully saturated rings. The van der Waals surface area contributed by atoms with Crippen LogP contribution in [-0.2, 0) is 10.8 Å². The van der Waals surface area contributed by atoms with E-state index in [-0.39, 0.29) is 11.9 Å². The van der Waals surface area contributed by atoms with Crippen molar-refractivity contribution in [3.63, 3.8) is 0 Å². The monoisotopic (exact) mass is 307 g/mol. The van der Waals surface area contributed by atoms with Gasteiger partial charge in [0.1, 0.15) is 5.82 Å². The third kappa shape index (κ3) is 4.31. The molecular weight excluding hydrogens is 293 g/mol. The Kier molecular flexibility index (Phi) is 5.58. The summed E-state index contributed by atoms with van der Waals surface area (Å²) < 4.78 is 24.5. The molecule has 0 heterocycles. The molecule has 2 atom stereocenters. The van der Waals surface area contributed by atoms with Crippen molar-refractivity contribution in [3.8, 4) is 0 Å². The summed E-state index contributed by atoms with van der Waals surface area (Å²) in [5.74, 6) is 0.376. The molecule has 0 saturated heterocycles. The smallest absolute Gasteiger partial charge is 0.124 e. The Balaban J connectivity index is 2.58. The predicted octanol–water partition coefficient (Wildman–Crippen LogP) is 2.62. The Labute approximate surface area is 106 Å². The van der Waals surface area contributed by atoms with Crippen LogP contribution in [0.1, 0.15) is 18.5 Å². The van der Waals surface area contributed by atoms with E-state index < -0.39 is 10.8 Å². The second kappa shape index (κ2) is 6.47. The Morgan fingerprint density at radius 2 is 2.25 bits per heavy atom. The average molecular weight is 308 g/mol. The SMILES string of the molecule is CC(NCCS(C)=O)c1ccc(F)cc1Br. The normalized spacial score (nSPS) is 14.8. The molecular formula is C11H15BrFNOS. The first kappa shape index (κ1) is 13.8. The van der Waals surface area contributed by atoms with Crippen LogP contribution < -0.4 is 5.32 Å². The van der Waals surface area contributed by atoms with Gasteiger partial charge in [-0.05, 0) is 24.6 Å². The summed E-state index contributed by atoms with van der Waals surface area (Å²) in [5.41, 5.74) is 1.00. The largest absolute Gasteiger partial charge is 0.309 e. The van der Waals surface area contributed by atoms with E-state index in [1.165, 1.54) is 12.1 Å². The maximum atomic E-state index is 12.9. The fraction of sp³-hybridized carbons (Fsp3) is 0.455. The van der Waals surface area contributed by atoms with E-state index in [0.717, 1.165) is 10.0 Å². The molecule has 0 aliphatic carbocycles. The Hall–Kier alpha value is -0.260. The van der Waals surface area contributed by atoms with Crippen LogP contribution in [0.4, 0.5) is 4.39 Å². The summed E-state index contributed by atoms with van der Waals surface area (Å²) in [4.78, 5) is 0. The van der Waals surface area contributed by atoms with Gasteiger partial charge in [0.15, 0.2) is 0 Å². The molecule has 0 radical (unpaired) electrons. The van der Waals surface area contributed by atoms with Crippen LogP contribution in [0.25, 0.3) is 0 Å². The van der Waals surface area contributed by atoms with Gasteiger partial charge in [-0.1, -0.05) is 22.0 Å². The van der Waals surface area contributed by atoms with Crippen molar-refractivity contribution in [2.45, 2.75) is 13.0 Å². The molecule has 1 aromatic carbocycles. The molecule has 0 saturated carbocycles. The predicted molar refractivity (Wildman–Crippen MR) is 69.5 cm³/mol. The fourth-order valence-electron chi connectivity index (χ4n) is 1.38. The molecule has 2 nitrogen and oxygen atoms in total. The van der Waals surface area contributed by atoms with Gasteiger partial charge < -0.3 is 5.32 Å². The number of nitrogens with one attached hydrogen (secondary N) is 1. The lowest BCUT2D eigenvalue weighted by Crippen LogP contribution is -2.23. The van der Waals surface area contributed by atoms with Crippen LogP contribution in [0.15, 0.2) is 22.7 Å². The van der Waals surface area contributed by atoms with E-state index >= 15 is 0 Å². The molecule has 2 unspecified atom stereocenters. The highest BCUT2D eigenvalue weighted by Gasteiger charge is 2.09. The maximum Gasteiger partial charge on any atom is 0.124 e. The van der Waals surface area contributed by atoms with E-state index in [1.807, 2.05) is 6.92 Å². The molecule has 0 spiro atoms. The highest BCUT2D eigenvalue weighted by Crippen LogP contribution is 2.23. The summed E-state index contributed by atoms with van der Waals surface area (Å²) in [7, 11) is -0.782. The average Bonchev–Trinajstić information content (AvgIpc) is 2.16. The number of hydrogen-bond donors (Lipinski definition) is 1. The highest BCUT2D eigenvalue weighted by molar-refractivity contribution is 9.10. The van der Waals surface area contributed by atoms with Gasteiger partial charge in [0, 0.05) is 39.9 Å². The van der Waals surface area contributed by atoms with Gasteiger partial charge in [0.25, 0.3) is 0 Å². The number of rotatable bonds is 5. The molecule has 0 aliphatic heterocycles. The van der Waals surface area contributed by atoms with Crippen molar-refractivity contribution in [1.82, 2.24) is 5.32 Å². The number of benzene rings is 1. The number of hydrogen-bond acceptors (Lipinski definition) is 2. The van der Waals surface area contributed by atoms with Gasteiger partial charge in [0.2, 0.25) is 0 Å². The van der Waals surface area contributed by atoms with E-state index in [1.54, 1.807) is 12.3 Å². The molecule has 0 bridgehead atoms. The second-order valence-electron chi connectivity index (χ2n) is 3.62. The van der Waals surface area contributed by atoms with Crippen molar-refractivity contribution >= 4 is 26.7 Å². The van der Waals surface area contributed by atoms with Crippen LogP contribution in [-0.4, -0.2) is 22.8 Å².